The maximum atomic E-state index is 11.4. The summed E-state index contributed by atoms with van der Waals surface area (Å²) in [5, 5.41) is 6.29. The summed E-state index contributed by atoms with van der Waals surface area (Å²) in [6.07, 6.45) is 8.11. The van der Waals surface area contributed by atoms with Crippen LogP contribution in [0.2, 0.25) is 0 Å². The zero-order valence-corrected chi connectivity index (χ0v) is 11.8. The van der Waals surface area contributed by atoms with Gasteiger partial charge in [-0.3, -0.25) is 4.79 Å². The molecule has 0 aliphatic rings. The van der Waals surface area contributed by atoms with Gasteiger partial charge in [0.15, 0.2) is 0 Å². The number of rotatable bonds is 11. The summed E-state index contributed by atoms with van der Waals surface area (Å²) >= 11 is 0. The van der Waals surface area contributed by atoms with Gasteiger partial charge in [0.2, 0.25) is 5.91 Å². The van der Waals surface area contributed by atoms with Crippen molar-refractivity contribution in [2.75, 3.05) is 13.1 Å². The van der Waals surface area contributed by atoms with Crippen LogP contribution in [0.4, 0.5) is 0 Å². The summed E-state index contributed by atoms with van der Waals surface area (Å²) in [5.74, 6) is 0.165. The van der Waals surface area contributed by atoms with Gasteiger partial charge in [-0.05, 0) is 26.3 Å². The Bertz CT molecular complexity index is 183. The first kappa shape index (κ1) is 16.4. The van der Waals surface area contributed by atoms with Crippen LogP contribution in [0.15, 0.2) is 0 Å². The summed E-state index contributed by atoms with van der Waals surface area (Å²) in [6.45, 7) is 8.20. The molecule has 0 aromatic heterocycles. The number of hydrogen-bond acceptors (Lipinski definition) is 2. The Balaban J connectivity index is 3.19. The molecule has 0 fully saturated rings. The molecule has 1 atom stereocenters. The summed E-state index contributed by atoms with van der Waals surface area (Å²) in [6, 6.07) is 0.302. The van der Waals surface area contributed by atoms with E-state index in [1.165, 1.54) is 32.1 Å². The third-order valence-corrected chi connectivity index (χ3v) is 3.01. The SMILES string of the molecule is CCCCCCCNCCC(=O)NC(C)CC. The minimum Gasteiger partial charge on any atom is -0.354 e. The first-order valence-electron chi connectivity index (χ1n) is 7.20. The Labute approximate surface area is 107 Å². The highest BCUT2D eigenvalue weighted by Crippen LogP contribution is 2.00. The van der Waals surface area contributed by atoms with Gasteiger partial charge in [-0.25, -0.2) is 0 Å². The van der Waals surface area contributed by atoms with E-state index in [4.69, 9.17) is 0 Å². The third-order valence-electron chi connectivity index (χ3n) is 3.01. The third kappa shape index (κ3) is 11.7. The van der Waals surface area contributed by atoms with Crippen LogP contribution in [0.5, 0.6) is 0 Å². The molecule has 0 saturated carbocycles. The Morgan fingerprint density at radius 1 is 1.06 bits per heavy atom. The molecule has 102 valence electrons. The molecular weight excluding hydrogens is 212 g/mol. The first-order chi connectivity index (χ1) is 8.20. The van der Waals surface area contributed by atoms with Crippen LogP contribution in [0, 0.1) is 0 Å². The smallest absolute Gasteiger partial charge is 0.221 e. The van der Waals surface area contributed by atoms with Gasteiger partial charge in [0.1, 0.15) is 0 Å². The molecule has 0 spiro atoms. The maximum absolute atomic E-state index is 11.4. The molecule has 0 saturated heterocycles. The van der Waals surface area contributed by atoms with Gasteiger partial charge in [-0.15, -0.1) is 0 Å². The molecule has 0 aromatic rings. The van der Waals surface area contributed by atoms with Gasteiger partial charge < -0.3 is 10.6 Å². The van der Waals surface area contributed by atoms with Crippen LogP contribution in [0.25, 0.3) is 0 Å². The van der Waals surface area contributed by atoms with Crippen molar-refractivity contribution in [2.24, 2.45) is 0 Å². The van der Waals surface area contributed by atoms with Crippen molar-refractivity contribution in [1.29, 1.82) is 0 Å². The number of amides is 1. The predicted molar refractivity (Wildman–Crippen MR) is 74.1 cm³/mol. The van der Waals surface area contributed by atoms with E-state index in [-0.39, 0.29) is 5.91 Å². The lowest BCUT2D eigenvalue weighted by molar-refractivity contribution is -0.121. The van der Waals surface area contributed by atoms with E-state index in [2.05, 4.69) is 24.5 Å². The molecule has 0 heterocycles. The molecule has 3 nitrogen and oxygen atoms in total. The molecular formula is C14H30N2O. The van der Waals surface area contributed by atoms with Crippen molar-refractivity contribution in [3.05, 3.63) is 0 Å². The number of carbonyl (C=O) groups excluding carboxylic acids is 1. The van der Waals surface area contributed by atoms with Crippen LogP contribution < -0.4 is 10.6 Å². The fraction of sp³-hybridized carbons (Fsp3) is 0.929. The van der Waals surface area contributed by atoms with Crippen molar-refractivity contribution in [3.63, 3.8) is 0 Å². The number of carbonyl (C=O) groups is 1. The van der Waals surface area contributed by atoms with Gasteiger partial charge in [-0.2, -0.15) is 0 Å². The van der Waals surface area contributed by atoms with Crippen LogP contribution in [0.1, 0.15) is 65.7 Å². The summed E-state index contributed by atoms with van der Waals surface area (Å²) < 4.78 is 0. The Morgan fingerprint density at radius 3 is 2.41 bits per heavy atom. The van der Waals surface area contributed by atoms with Crippen molar-refractivity contribution in [1.82, 2.24) is 10.6 Å². The van der Waals surface area contributed by atoms with Crippen LogP contribution in [-0.2, 0) is 4.79 Å². The van der Waals surface area contributed by atoms with Crippen LogP contribution in [0.3, 0.4) is 0 Å². The largest absolute Gasteiger partial charge is 0.354 e. The fourth-order valence-corrected chi connectivity index (χ4v) is 1.63. The normalized spacial score (nSPS) is 12.4. The lowest BCUT2D eigenvalue weighted by atomic mass is 10.1. The standard InChI is InChI=1S/C14H30N2O/c1-4-6-7-8-9-11-15-12-10-14(17)16-13(3)5-2/h13,15H,4-12H2,1-3H3,(H,16,17). The molecule has 17 heavy (non-hydrogen) atoms. The summed E-state index contributed by atoms with van der Waals surface area (Å²) in [7, 11) is 0. The molecule has 1 amide bonds. The molecule has 2 N–H and O–H groups in total. The van der Waals surface area contributed by atoms with Crippen LogP contribution in [-0.4, -0.2) is 25.0 Å². The maximum Gasteiger partial charge on any atom is 0.221 e. The van der Waals surface area contributed by atoms with Gasteiger partial charge in [0.25, 0.3) is 0 Å². The van der Waals surface area contributed by atoms with E-state index >= 15 is 0 Å². The highest BCUT2D eigenvalue weighted by molar-refractivity contribution is 5.76. The molecule has 1 unspecified atom stereocenters. The quantitative estimate of drug-likeness (QED) is 0.547. The van der Waals surface area contributed by atoms with Gasteiger partial charge >= 0.3 is 0 Å². The highest BCUT2D eigenvalue weighted by Gasteiger charge is 2.03. The van der Waals surface area contributed by atoms with E-state index in [1.807, 2.05) is 6.92 Å². The average molecular weight is 242 g/mol. The van der Waals surface area contributed by atoms with E-state index in [1.54, 1.807) is 0 Å². The van der Waals surface area contributed by atoms with Gasteiger partial charge in [0, 0.05) is 19.0 Å². The highest BCUT2D eigenvalue weighted by atomic mass is 16.1. The van der Waals surface area contributed by atoms with Gasteiger partial charge in [-0.1, -0.05) is 39.5 Å². The van der Waals surface area contributed by atoms with E-state index in [0.29, 0.717) is 12.5 Å². The second kappa shape index (κ2) is 11.9. The molecule has 3 heteroatoms. The van der Waals surface area contributed by atoms with Crippen LogP contribution >= 0.6 is 0 Å². The molecule has 0 rings (SSSR count). The van der Waals surface area contributed by atoms with Crippen molar-refractivity contribution in [3.8, 4) is 0 Å². The number of nitrogens with one attached hydrogen (secondary N) is 2. The molecule has 0 aliphatic heterocycles. The first-order valence-corrected chi connectivity index (χ1v) is 7.20. The molecule has 0 radical (unpaired) electrons. The minimum absolute atomic E-state index is 0.165. The van der Waals surface area contributed by atoms with E-state index in [0.717, 1.165) is 19.5 Å². The van der Waals surface area contributed by atoms with Crippen molar-refractivity contribution >= 4 is 5.91 Å². The van der Waals surface area contributed by atoms with Crippen molar-refractivity contribution < 1.29 is 4.79 Å². The zero-order chi connectivity index (χ0) is 12.9. The molecule has 0 aliphatic carbocycles. The average Bonchev–Trinajstić information content (AvgIpc) is 2.32. The topological polar surface area (TPSA) is 41.1 Å². The van der Waals surface area contributed by atoms with E-state index in [9.17, 15) is 4.79 Å². The molecule has 0 bridgehead atoms. The monoisotopic (exact) mass is 242 g/mol. The minimum atomic E-state index is 0.165. The lowest BCUT2D eigenvalue weighted by Gasteiger charge is -2.11. The Kier molecular flexibility index (Phi) is 11.5. The second-order valence-electron chi connectivity index (χ2n) is 4.79. The van der Waals surface area contributed by atoms with Gasteiger partial charge in [0.05, 0.1) is 0 Å². The number of hydrogen-bond donors (Lipinski definition) is 2. The predicted octanol–water partition coefficient (Wildman–Crippen LogP) is 2.85. The summed E-state index contributed by atoms with van der Waals surface area (Å²) in [5.41, 5.74) is 0. The van der Waals surface area contributed by atoms with Crippen molar-refractivity contribution in [2.45, 2.75) is 71.8 Å². The summed E-state index contributed by atoms with van der Waals surface area (Å²) in [4.78, 5) is 11.4. The molecule has 0 aromatic carbocycles. The Morgan fingerprint density at radius 2 is 1.76 bits per heavy atom. The second-order valence-corrected chi connectivity index (χ2v) is 4.79. The zero-order valence-electron chi connectivity index (χ0n) is 11.8. The van der Waals surface area contributed by atoms with E-state index < -0.39 is 0 Å². The lowest BCUT2D eigenvalue weighted by Crippen LogP contribution is -2.34. The Hall–Kier alpha value is -0.570. The fourth-order valence-electron chi connectivity index (χ4n) is 1.63. The number of unbranched alkanes of at least 4 members (excludes halogenated alkanes) is 4.